The molecule has 182 valence electrons. The van der Waals surface area contributed by atoms with E-state index in [1.807, 2.05) is 18.2 Å². The van der Waals surface area contributed by atoms with Crippen LogP contribution in [0.4, 0.5) is 0 Å². The van der Waals surface area contributed by atoms with E-state index in [2.05, 4.69) is 109 Å². The minimum absolute atomic E-state index is 0.195. The van der Waals surface area contributed by atoms with Crippen molar-refractivity contribution in [3.8, 4) is 34.2 Å². The van der Waals surface area contributed by atoms with E-state index in [-0.39, 0.29) is 14.5 Å². The number of rotatable bonds is 3. The van der Waals surface area contributed by atoms with Crippen LogP contribution >= 0.6 is 0 Å². The Hall–Kier alpha value is -4.63. The quantitative estimate of drug-likeness (QED) is 0.160. The molecule has 6 aromatic carbocycles. The standard InChI is InChI=1S/C35H21N3Se/c1-2-11-23(12-3-1)33-36-34(29-17-8-15-25-24-13-5-4-10-22(24)20-21-26(25)29)38-35(37-33)30-18-9-16-28-27-14-6-7-19-31(27)39-32(28)30/h1-21H. The normalized spacial score (nSPS) is 11.6. The van der Waals surface area contributed by atoms with Crippen molar-refractivity contribution in [2.45, 2.75) is 0 Å². The summed E-state index contributed by atoms with van der Waals surface area (Å²) in [7, 11) is 0. The van der Waals surface area contributed by atoms with Gasteiger partial charge in [0.15, 0.2) is 0 Å². The molecule has 39 heavy (non-hydrogen) atoms. The van der Waals surface area contributed by atoms with Crippen LogP contribution in [0, 0.1) is 0 Å². The van der Waals surface area contributed by atoms with Crippen molar-refractivity contribution in [3.63, 3.8) is 0 Å². The number of hydrogen-bond acceptors (Lipinski definition) is 3. The zero-order chi connectivity index (χ0) is 25.8. The molecule has 8 rings (SSSR count). The Kier molecular flexibility index (Phi) is 5.15. The van der Waals surface area contributed by atoms with Gasteiger partial charge in [-0.3, -0.25) is 0 Å². The van der Waals surface area contributed by atoms with Gasteiger partial charge in [0, 0.05) is 0 Å². The van der Waals surface area contributed by atoms with Gasteiger partial charge < -0.3 is 0 Å². The third-order valence-corrected chi connectivity index (χ3v) is 9.90. The summed E-state index contributed by atoms with van der Waals surface area (Å²) < 4.78 is 2.75. The van der Waals surface area contributed by atoms with Gasteiger partial charge in [-0.2, -0.15) is 0 Å². The zero-order valence-electron chi connectivity index (χ0n) is 20.9. The van der Waals surface area contributed by atoms with E-state index >= 15 is 0 Å². The summed E-state index contributed by atoms with van der Waals surface area (Å²) >= 11 is 0.195. The molecule has 0 N–H and O–H groups in total. The molecule has 0 bridgehead atoms. The summed E-state index contributed by atoms with van der Waals surface area (Å²) in [5.74, 6) is 2.11. The average Bonchev–Trinajstić information content (AvgIpc) is 3.40. The van der Waals surface area contributed by atoms with Crippen LogP contribution in [-0.2, 0) is 0 Å². The number of benzene rings is 6. The molecular weight excluding hydrogens is 541 g/mol. The molecule has 0 saturated heterocycles. The number of hydrogen-bond donors (Lipinski definition) is 0. The van der Waals surface area contributed by atoms with Crippen LogP contribution in [0.15, 0.2) is 127 Å². The Morgan fingerprint density at radius 1 is 0.385 bits per heavy atom. The SMILES string of the molecule is c1ccc(-c2nc(-c3cccc4c3ccc3ccccc34)nc(-c3cccc4c3[se]c3ccccc34)n2)cc1. The van der Waals surface area contributed by atoms with Crippen molar-refractivity contribution in [1.29, 1.82) is 0 Å². The van der Waals surface area contributed by atoms with Crippen LogP contribution < -0.4 is 0 Å². The Bertz CT molecular complexity index is 2180. The first-order chi connectivity index (χ1) is 19.3. The number of aromatic nitrogens is 3. The minimum atomic E-state index is 0.195. The van der Waals surface area contributed by atoms with E-state index in [4.69, 9.17) is 15.0 Å². The van der Waals surface area contributed by atoms with Crippen molar-refractivity contribution >= 4 is 55.3 Å². The van der Waals surface area contributed by atoms with E-state index < -0.39 is 0 Å². The average molecular weight is 563 g/mol. The van der Waals surface area contributed by atoms with Gasteiger partial charge in [0.2, 0.25) is 0 Å². The second-order valence-electron chi connectivity index (χ2n) is 9.64. The maximum absolute atomic E-state index is 5.16. The molecular formula is C35H21N3Se. The topological polar surface area (TPSA) is 38.7 Å². The van der Waals surface area contributed by atoms with E-state index in [0.29, 0.717) is 11.6 Å². The first-order valence-electron chi connectivity index (χ1n) is 13.0. The summed E-state index contributed by atoms with van der Waals surface area (Å²) in [4.78, 5) is 15.3. The van der Waals surface area contributed by atoms with Crippen LogP contribution in [0.5, 0.6) is 0 Å². The van der Waals surface area contributed by atoms with Gasteiger partial charge in [-0.25, -0.2) is 0 Å². The maximum atomic E-state index is 5.16. The van der Waals surface area contributed by atoms with Crippen LogP contribution in [-0.4, -0.2) is 29.5 Å². The van der Waals surface area contributed by atoms with Crippen molar-refractivity contribution in [2.75, 3.05) is 0 Å². The Morgan fingerprint density at radius 3 is 1.90 bits per heavy atom. The van der Waals surface area contributed by atoms with Crippen LogP contribution in [0.2, 0.25) is 0 Å². The van der Waals surface area contributed by atoms with Crippen LogP contribution in [0.1, 0.15) is 0 Å². The second-order valence-corrected chi connectivity index (χ2v) is 11.8. The molecule has 2 aromatic heterocycles. The van der Waals surface area contributed by atoms with Crippen molar-refractivity contribution < 1.29 is 0 Å². The molecule has 4 heteroatoms. The monoisotopic (exact) mass is 563 g/mol. The number of nitrogens with zero attached hydrogens (tertiary/aromatic N) is 3. The van der Waals surface area contributed by atoms with Crippen molar-refractivity contribution in [2.24, 2.45) is 0 Å². The molecule has 0 radical (unpaired) electrons. The molecule has 0 unspecified atom stereocenters. The van der Waals surface area contributed by atoms with Crippen LogP contribution in [0.3, 0.4) is 0 Å². The van der Waals surface area contributed by atoms with Gasteiger partial charge in [-0.15, -0.1) is 0 Å². The van der Waals surface area contributed by atoms with Crippen molar-refractivity contribution in [3.05, 3.63) is 127 Å². The molecule has 2 heterocycles. The Balaban J connectivity index is 1.42. The fourth-order valence-corrected chi connectivity index (χ4v) is 8.03. The molecule has 0 aliphatic carbocycles. The first-order valence-corrected chi connectivity index (χ1v) is 14.7. The zero-order valence-corrected chi connectivity index (χ0v) is 22.6. The van der Waals surface area contributed by atoms with E-state index in [1.54, 1.807) is 0 Å². The first kappa shape index (κ1) is 22.4. The molecule has 3 nitrogen and oxygen atoms in total. The Morgan fingerprint density at radius 2 is 1.03 bits per heavy atom. The van der Waals surface area contributed by atoms with E-state index in [1.165, 1.54) is 35.5 Å². The molecule has 0 fully saturated rings. The third kappa shape index (κ3) is 3.69. The molecule has 0 amide bonds. The fraction of sp³-hybridized carbons (Fsp3) is 0. The van der Waals surface area contributed by atoms with Gasteiger partial charge >= 0.3 is 232 Å². The molecule has 8 aromatic rings. The fourth-order valence-electron chi connectivity index (χ4n) is 5.49. The van der Waals surface area contributed by atoms with Gasteiger partial charge in [-0.1, -0.05) is 0 Å². The van der Waals surface area contributed by atoms with Gasteiger partial charge in [-0.05, 0) is 0 Å². The third-order valence-electron chi connectivity index (χ3n) is 7.34. The molecule has 0 atom stereocenters. The number of fused-ring (bicyclic) bond motifs is 6. The summed E-state index contributed by atoms with van der Waals surface area (Å²) in [6.45, 7) is 0. The molecule has 0 aliphatic rings. The summed E-state index contributed by atoms with van der Waals surface area (Å²) in [5.41, 5.74) is 3.09. The molecule has 0 saturated carbocycles. The Labute approximate surface area is 231 Å². The van der Waals surface area contributed by atoms with E-state index in [9.17, 15) is 0 Å². The van der Waals surface area contributed by atoms with Gasteiger partial charge in [0.25, 0.3) is 0 Å². The summed E-state index contributed by atoms with van der Waals surface area (Å²) in [5, 5.41) is 7.42. The predicted molar refractivity (Wildman–Crippen MR) is 163 cm³/mol. The van der Waals surface area contributed by atoms with Gasteiger partial charge in [0.1, 0.15) is 0 Å². The predicted octanol–water partition coefficient (Wildman–Crippen LogP) is 8.54. The van der Waals surface area contributed by atoms with Crippen molar-refractivity contribution in [1.82, 2.24) is 15.0 Å². The molecule has 0 spiro atoms. The van der Waals surface area contributed by atoms with E-state index in [0.717, 1.165) is 27.9 Å². The summed E-state index contributed by atoms with van der Waals surface area (Å²) in [6.07, 6.45) is 0. The second kappa shape index (κ2) is 8.99. The van der Waals surface area contributed by atoms with Crippen LogP contribution in [0.25, 0.3) is 75.0 Å². The summed E-state index contributed by atoms with van der Waals surface area (Å²) in [6, 6.07) is 44.8. The molecule has 0 aliphatic heterocycles. The van der Waals surface area contributed by atoms with Gasteiger partial charge in [0.05, 0.1) is 0 Å².